The molecule has 32 heavy (non-hydrogen) atoms. The average molecular weight is 457 g/mol. The van der Waals surface area contributed by atoms with Crippen molar-refractivity contribution < 1.29 is 13.6 Å². The Morgan fingerprint density at radius 3 is 2.88 bits per heavy atom. The predicted octanol–water partition coefficient (Wildman–Crippen LogP) is 4.57. The van der Waals surface area contributed by atoms with Crippen LogP contribution in [0.2, 0.25) is 5.02 Å². The average Bonchev–Trinajstić information content (AvgIpc) is 3.66. The van der Waals surface area contributed by atoms with Crippen LogP contribution < -0.4 is 10.2 Å². The van der Waals surface area contributed by atoms with Gasteiger partial charge in [0.1, 0.15) is 11.9 Å². The van der Waals surface area contributed by atoms with Gasteiger partial charge in [0, 0.05) is 36.3 Å². The van der Waals surface area contributed by atoms with Crippen molar-refractivity contribution >= 4 is 45.4 Å². The molecule has 2 aliphatic carbocycles. The number of halogens is 3. The maximum Gasteiger partial charge on any atom is 0.231 e. The lowest BCUT2D eigenvalue weighted by Gasteiger charge is -2.22. The predicted molar refractivity (Wildman–Crippen MR) is 118 cm³/mol. The van der Waals surface area contributed by atoms with Crippen LogP contribution in [0.15, 0.2) is 30.6 Å². The number of hydrogen-bond acceptors (Lipinski definition) is 4. The van der Waals surface area contributed by atoms with Crippen LogP contribution in [0.4, 0.5) is 20.3 Å². The van der Waals surface area contributed by atoms with Crippen LogP contribution in [0.5, 0.6) is 0 Å². The molecule has 1 amide bonds. The molecule has 2 saturated carbocycles. The lowest BCUT2D eigenvalue weighted by Crippen LogP contribution is -2.21. The lowest BCUT2D eigenvalue weighted by atomic mass is 10.0. The Morgan fingerprint density at radius 1 is 1.38 bits per heavy atom. The normalized spacial score (nSPS) is 20.1. The van der Waals surface area contributed by atoms with Gasteiger partial charge >= 0.3 is 0 Å². The second-order valence-corrected chi connectivity index (χ2v) is 8.89. The molecule has 2 aliphatic rings. The van der Waals surface area contributed by atoms with Gasteiger partial charge in [-0.05, 0) is 37.0 Å². The van der Waals surface area contributed by atoms with Crippen LogP contribution in [0.1, 0.15) is 19.3 Å². The van der Waals surface area contributed by atoms with Crippen LogP contribution in [-0.4, -0.2) is 45.0 Å². The fourth-order valence-corrected chi connectivity index (χ4v) is 4.52. The first-order valence-electron chi connectivity index (χ1n) is 10.4. The van der Waals surface area contributed by atoms with Gasteiger partial charge in [-0.25, -0.2) is 13.3 Å². The molecular weight excluding hydrogens is 438 g/mol. The molecule has 164 valence electrons. The van der Waals surface area contributed by atoms with Gasteiger partial charge in [0.25, 0.3) is 0 Å². The molecule has 0 saturated heterocycles. The minimum absolute atomic E-state index is 0.0292. The monoisotopic (exact) mass is 456 g/mol. The minimum atomic E-state index is -1.07. The summed E-state index contributed by atoms with van der Waals surface area (Å²) in [5.74, 6) is -1.13. The van der Waals surface area contributed by atoms with Crippen LogP contribution >= 0.6 is 11.6 Å². The second kappa shape index (κ2) is 6.90. The lowest BCUT2D eigenvalue weighted by molar-refractivity contribution is -0.117. The van der Waals surface area contributed by atoms with E-state index in [1.165, 1.54) is 0 Å². The highest BCUT2D eigenvalue weighted by Crippen LogP contribution is 2.44. The van der Waals surface area contributed by atoms with Gasteiger partial charge in [0.15, 0.2) is 11.6 Å². The molecule has 3 heterocycles. The summed E-state index contributed by atoms with van der Waals surface area (Å²) in [5, 5.41) is 14.8. The zero-order valence-electron chi connectivity index (χ0n) is 17.1. The molecular formula is C22H19ClF2N6O. The van der Waals surface area contributed by atoms with Gasteiger partial charge in [0.2, 0.25) is 5.91 Å². The maximum atomic E-state index is 15.5. The largest absolute Gasteiger partial charge is 0.367 e. The van der Waals surface area contributed by atoms with Gasteiger partial charge < -0.3 is 10.2 Å². The number of benzene rings is 1. The number of pyridine rings is 1. The standard InChI is InChI=1S/C22H19ClF2N6O/c1-30(11-2-3-11)21-19(25)18(23)17(14-9-26-28-20(14)21)10-4-5-31-12(6-10)7-16(29-31)27-22(32)13-8-15(13)24/h4-7,9,11,13,15H,2-3,8H2,1H3,(H,26,28)(H,27,29,32). The molecule has 7 nitrogen and oxygen atoms in total. The molecule has 2 unspecified atom stereocenters. The highest BCUT2D eigenvalue weighted by molar-refractivity contribution is 6.36. The molecule has 2 atom stereocenters. The first-order valence-corrected chi connectivity index (χ1v) is 10.8. The maximum absolute atomic E-state index is 15.5. The number of aromatic amines is 1. The highest BCUT2D eigenvalue weighted by atomic mass is 35.5. The van der Waals surface area contributed by atoms with E-state index in [2.05, 4.69) is 20.6 Å². The molecule has 10 heteroatoms. The Balaban J connectivity index is 1.42. The topological polar surface area (TPSA) is 78.3 Å². The van der Waals surface area contributed by atoms with E-state index in [-0.39, 0.29) is 17.4 Å². The van der Waals surface area contributed by atoms with Crippen molar-refractivity contribution in [3.05, 3.63) is 41.4 Å². The highest BCUT2D eigenvalue weighted by Gasteiger charge is 2.43. The Bertz CT molecular complexity index is 1390. The van der Waals surface area contributed by atoms with Crippen molar-refractivity contribution in [3.8, 4) is 11.1 Å². The van der Waals surface area contributed by atoms with Crippen molar-refractivity contribution in [3.63, 3.8) is 0 Å². The summed E-state index contributed by atoms with van der Waals surface area (Å²) in [6, 6.07) is 5.58. The number of hydrogen-bond donors (Lipinski definition) is 2. The van der Waals surface area contributed by atoms with Gasteiger partial charge in [-0.1, -0.05) is 11.6 Å². The smallest absolute Gasteiger partial charge is 0.231 e. The quantitative estimate of drug-likeness (QED) is 0.461. The summed E-state index contributed by atoms with van der Waals surface area (Å²) in [6.45, 7) is 0. The van der Waals surface area contributed by atoms with Crippen LogP contribution in [-0.2, 0) is 4.79 Å². The van der Waals surface area contributed by atoms with Gasteiger partial charge in [0.05, 0.1) is 28.2 Å². The number of H-pyrrole nitrogens is 1. The van der Waals surface area contributed by atoms with Crippen molar-refractivity contribution in [2.24, 2.45) is 5.92 Å². The Labute approximate surface area is 186 Å². The fraction of sp³-hybridized carbons (Fsp3) is 0.318. The van der Waals surface area contributed by atoms with E-state index in [1.807, 2.05) is 18.0 Å². The van der Waals surface area contributed by atoms with E-state index in [0.717, 1.165) is 18.2 Å². The minimum Gasteiger partial charge on any atom is -0.367 e. The number of carbonyl (C=O) groups excluding carboxylic acids is 1. The van der Waals surface area contributed by atoms with E-state index in [1.54, 1.807) is 29.0 Å². The van der Waals surface area contributed by atoms with Crippen molar-refractivity contribution in [1.29, 1.82) is 0 Å². The number of alkyl halides is 1. The molecule has 6 rings (SSSR count). The Morgan fingerprint density at radius 2 is 2.16 bits per heavy atom. The van der Waals surface area contributed by atoms with Gasteiger partial charge in [-0.2, -0.15) is 10.2 Å². The van der Waals surface area contributed by atoms with Crippen molar-refractivity contribution in [2.75, 3.05) is 17.3 Å². The second-order valence-electron chi connectivity index (χ2n) is 8.51. The van der Waals surface area contributed by atoms with Crippen molar-refractivity contribution in [2.45, 2.75) is 31.5 Å². The van der Waals surface area contributed by atoms with E-state index in [9.17, 15) is 9.18 Å². The number of aromatic nitrogens is 4. The van der Waals surface area contributed by atoms with Crippen LogP contribution in [0.25, 0.3) is 27.5 Å². The molecule has 0 spiro atoms. The summed E-state index contributed by atoms with van der Waals surface area (Å²) in [7, 11) is 1.87. The molecule has 2 fully saturated rings. The summed E-state index contributed by atoms with van der Waals surface area (Å²) >= 11 is 6.56. The fourth-order valence-electron chi connectivity index (χ4n) is 4.22. The summed E-state index contributed by atoms with van der Waals surface area (Å²) in [5.41, 5.74) is 2.93. The summed E-state index contributed by atoms with van der Waals surface area (Å²) in [6.07, 6.45) is 4.58. The number of nitrogens with zero attached hydrogens (tertiary/aromatic N) is 4. The van der Waals surface area contributed by atoms with E-state index >= 15 is 4.39 Å². The molecule has 4 aromatic rings. The third-order valence-corrected chi connectivity index (χ3v) is 6.62. The Kier molecular flexibility index (Phi) is 4.20. The van der Waals surface area contributed by atoms with E-state index in [4.69, 9.17) is 11.6 Å². The molecule has 0 aliphatic heterocycles. The number of rotatable bonds is 5. The SMILES string of the molecule is CN(c1c(F)c(Cl)c(-c2ccn3nc(NC(=O)C4CC4F)cc3c2)c2cn[nH]c12)C1CC1. The van der Waals surface area contributed by atoms with E-state index < -0.39 is 17.9 Å². The molecule has 0 radical (unpaired) electrons. The number of nitrogens with one attached hydrogen (secondary N) is 2. The summed E-state index contributed by atoms with van der Waals surface area (Å²) < 4.78 is 30.2. The van der Waals surface area contributed by atoms with Gasteiger partial charge in [-0.15, -0.1) is 0 Å². The van der Waals surface area contributed by atoms with Gasteiger partial charge in [-0.3, -0.25) is 9.89 Å². The molecule has 1 aromatic carbocycles. The molecule has 3 aromatic heterocycles. The summed E-state index contributed by atoms with van der Waals surface area (Å²) in [4.78, 5) is 13.9. The Hall–Kier alpha value is -3.20. The zero-order chi connectivity index (χ0) is 22.1. The number of amides is 1. The van der Waals surface area contributed by atoms with Crippen LogP contribution in [0, 0.1) is 11.7 Å². The molecule has 2 N–H and O–H groups in total. The van der Waals surface area contributed by atoms with E-state index in [0.29, 0.717) is 39.7 Å². The first-order chi connectivity index (χ1) is 15.4. The van der Waals surface area contributed by atoms with Crippen molar-refractivity contribution in [1.82, 2.24) is 19.8 Å². The zero-order valence-corrected chi connectivity index (χ0v) is 17.8. The number of carbonyl (C=O) groups is 1. The number of fused-ring (bicyclic) bond motifs is 2. The number of anilines is 2. The van der Waals surface area contributed by atoms with Crippen LogP contribution in [0.3, 0.4) is 0 Å². The molecule has 0 bridgehead atoms. The first kappa shape index (κ1) is 19.5. The third-order valence-electron chi connectivity index (χ3n) is 6.27. The third kappa shape index (κ3) is 3.02.